The number of aromatic nitrogens is 2. The Hall–Kier alpha value is -2.43. The van der Waals surface area contributed by atoms with E-state index < -0.39 is 0 Å². The number of hydrogen-bond acceptors (Lipinski definition) is 4. The first kappa shape index (κ1) is 10.7. The molecule has 0 aliphatic carbocycles. The first-order valence-corrected chi connectivity index (χ1v) is 5.69. The van der Waals surface area contributed by atoms with Crippen LogP contribution in [-0.2, 0) is 6.54 Å². The van der Waals surface area contributed by atoms with Crippen LogP contribution < -0.4 is 10.6 Å². The van der Waals surface area contributed by atoms with Crippen LogP contribution in [0.4, 0.5) is 11.4 Å². The van der Waals surface area contributed by atoms with E-state index in [2.05, 4.69) is 15.1 Å². The summed E-state index contributed by atoms with van der Waals surface area (Å²) in [5, 5.41) is 7.98. The highest BCUT2D eigenvalue weighted by atomic mass is 16.3. The number of anilines is 2. The topological polar surface area (TPSA) is 71.1 Å². The van der Waals surface area contributed by atoms with Gasteiger partial charge in [-0.2, -0.15) is 5.10 Å². The summed E-state index contributed by atoms with van der Waals surface area (Å²) in [5.41, 5.74) is 9.89. The molecule has 1 aromatic carbocycles. The SMILES string of the molecule is CN(Cc1ccoc1)c1cc2[nH]ncc2cc1N. The standard InChI is InChI=1S/C13H14N4O/c1-17(7-9-2-3-18-8-9)13-5-12-10(4-11(13)14)6-15-16-12/h2-6,8H,7,14H2,1H3,(H,15,16). The normalized spacial score (nSPS) is 10.9. The van der Waals surface area contributed by atoms with Gasteiger partial charge in [0.05, 0.1) is 35.6 Å². The van der Waals surface area contributed by atoms with Gasteiger partial charge in [0.25, 0.3) is 0 Å². The molecule has 0 aliphatic heterocycles. The van der Waals surface area contributed by atoms with Gasteiger partial charge in [-0.15, -0.1) is 0 Å². The zero-order valence-electron chi connectivity index (χ0n) is 10.1. The Morgan fingerprint density at radius 1 is 1.44 bits per heavy atom. The zero-order valence-corrected chi connectivity index (χ0v) is 10.1. The lowest BCUT2D eigenvalue weighted by Gasteiger charge is -2.20. The molecule has 92 valence electrons. The van der Waals surface area contributed by atoms with Crippen LogP contribution >= 0.6 is 0 Å². The molecule has 18 heavy (non-hydrogen) atoms. The second-order valence-corrected chi connectivity index (χ2v) is 4.36. The van der Waals surface area contributed by atoms with Crippen LogP contribution in [0.2, 0.25) is 0 Å². The highest BCUT2D eigenvalue weighted by Crippen LogP contribution is 2.28. The summed E-state index contributed by atoms with van der Waals surface area (Å²) in [6, 6.07) is 5.89. The van der Waals surface area contributed by atoms with E-state index in [9.17, 15) is 0 Å². The highest BCUT2D eigenvalue weighted by Gasteiger charge is 2.09. The maximum atomic E-state index is 6.07. The summed E-state index contributed by atoms with van der Waals surface area (Å²) in [6.45, 7) is 0.750. The summed E-state index contributed by atoms with van der Waals surface area (Å²) in [4.78, 5) is 2.08. The van der Waals surface area contributed by atoms with Crippen molar-refractivity contribution >= 4 is 22.3 Å². The fraction of sp³-hybridized carbons (Fsp3) is 0.154. The second-order valence-electron chi connectivity index (χ2n) is 4.36. The third-order valence-corrected chi connectivity index (χ3v) is 3.00. The minimum atomic E-state index is 0.745. The maximum absolute atomic E-state index is 6.07. The molecule has 0 atom stereocenters. The van der Waals surface area contributed by atoms with Crippen molar-refractivity contribution in [2.75, 3.05) is 17.7 Å². The number of furan rings is 1. The third-order valence-electron chi connectivity index (χ3n) is 3.00. The minimum Gasteiger partial charge on any atom is -0.472 e. The molecule has 0 unspecified atom stereocenters. The molecule has 0 bridgehead atoms. The first-order valence-electron chi connectivity index (χ1n) is 5.69. The molecular formula is C13H14N4O. The number of hydrogen-bond donors (Lipinski definition) is 2. The van der Waals surface area contributed by atoms with Gasteiger partial charge in [0, 0.05) is 24.5 Å². The van der Waals surface area contributed by atoms with Crippen molar-refractivity contribution < 1.29 is 4.42 Å². The molecule has 0 saturated heterocycles. The molecule has 0 amide bonds. The molecule has 0 aliphatic rings. The predicted molar refractivity (Wildman–Crippen MR) is 71.3 cm³/mol. The van der Waals surface area contributed by atoms with E-state index in [-0.39, 0.29) is 0 Å². The lowest BCUT2D eigenvalue weighted by atomic mass is 10.2. The number of fused-ring (bicyclic) bond motifs is 1. The van der Waals surface area contributed by atoms with Crippen LogP contribution in [0.3, 0.4) is 0 Å². The van der Waals surface area contributed by atoms with Crippen molar-refractivity contribution in [3.8, 4) is 0 Å². The quantitative estimate of drug-likeness (QED) is 0.692. The Labute approximate surface area is 104 Å². The fourth-order valence-electron chi connectivity index (χ4n) is 2.07. The third kappa shape index (κ3) is 1.79. The fourth-order valence-corrected chi connectivity index (χ4v) is 2.07. The van der Waals surface area contributed by atoms with E-state index in [1.165, 1.54) is 0 Å². The van der Waals surface area contributed by atoms with Gasteiger partial charge in [0.15, 0.2) is 0 Å². The Morgan fingerprint density at radius 2 is 2.33 bits per heavy atom. The summed E-state index contributed by atoms with van der Waals surface area (Å²) >= 11 is 0. The Bertz CT molecular complexity index is 657. The van der Waals surface area contributed by atoms with E-state index in [4.69, 9.17) is 10.2 Å². The number of H-pyrrole nitrogens is 1. The summed E-state index contributed by atoms with van der Waals surface area (Å²) in [5.74, 6) is 0. The highest BCUT2D eigenvalue weighted by molar-refractivity contribution is 5.88. The molecule has 5 heteroatoms. The molecule has 3 aromatic rings. The number of nitrogens with one attached hydrogen (secondary N) is 1. The molecule has 5 nitrogen and oxygen atoms in total. The molecule has 2 heterocycles. The molecule has 2 aromatic heterocycles. The molecule has 3 rings (SSSR count). The first-order chi connectivity index (χ1) is 8.74. The molecule has 0 spiro atoms. The van der Waals surface area contributed by atoms with Gasteiger partial charge >= 0.3 is 0 Å². The summed E-state index contributed by atoms with van der Waals surface area (Å²) in [7, 11) is 2.00. The van der Waals surface area contributed by atoms with Gasteiger partial charge in [-0.1, -0.05) is 0 Å². The Kier molecular flexibility index (Phi) is 2.44. The monoisotopic (exact) mass is 242 g/mol. The zero-order chi connectivity index (χ0) is 12.5. The Balaban J connectivity index is 1.94. The average molecular weight is 242 g/mol. The predicted octanol–water partition coefficient (Wildman–Crippen LogP) is 2.37. The second kappa shape index (κ2) is 4.10. The lowest BCUT2D eigenvalue weighted by Crippen LogP contribution is -2.17. The number of rotatable bonds is 3. The van der Waals surface area contributed by atoms with E-state index in [1.54, 1.807) is 18.7 Å². The van der Waals surface area contributed by atoms with Crippen molar-refractivity contribution in [2.24, 2.45) is 0 Å². The molecule has 0 saturated carbocycles. The van der Waals surface area contributed by atoms with Crippen LogP contribution in [-0.4, -0.2) is 17.2 Å². The van der Waals surface area contributed by atoms with Crippen LogP contribution in [0, 0.1) is 0 Å². The molecule has 0 fully saturated rings. The van der Waals surface area contributed by atoms with E-state index in [0.717, 1.165) is 34.4 Å². The van der Waals surface area contributed by atoms with Crippen molar-refractivity contribution in [1.29, 1.82) is 0 Å². The minimum absolute atomic E-state index is 0.745. The van der Waals surface area contributed by atoms with Gasteiger partial charge in [-0.3, -0.25) is 5.10 Å². The summed E-state index contributed by atoms with van der Waals surface area (Å²) < 4.78 is 5.07. The largest absolute Gasteiger partial charge is 0.472 e. The molecule has 0 radical (unpaired) electrons. The van der Waals surface area contributed by atoms with Crippen LogP contribution in [0.15, 0.2) is 41.3 Å². The maximum Gasteiger partial charge on any atom is 0.0952 e. The van der Waals surface area contributed by atoms with Crippen LogP contribution in [0.5, 0.6) is 0 Å². The smallest absolute Gasteiger partial charge is 0.0952 e. The van der Waals surface area contributed by atoms with Gasteiger partial charge in [0.2, 0.25) is 0 Å². The Morgan fingerprint density at radius 3 is 3.11 bits per heavy atom. The number of aromatic amines is 1. The summed E-state index contributed by atoms with van der Waals surface area (Å²) in [6.07, 6.45) is 5.18. The van der Waals surface area contributed by atoms with E-state index in [1.807, 2.05) is 25.2 Å². The lowest BCUT2D eigenvalue weighted by molar-refractivity contribution is 0.563. The number of nitrogens with zero attached hydrogens (tertiary/aromatic N) is 2. The van der Waals surface area contributed by atoms with E-state index >= 15 is 0 Å². The van der Waals surface area contributed by atoms with Crippen molar-refractivity contribution in [3.05, 3.63) is 42.5 Å². The number of benzene rings is 1. The van der Waals surface area contributed by atoms with Gasteiger partial charge in [-0.25, -0.2) is 0 Å². The van der Waals surface area contributed by atoms with E-state index in [0.29, 0.717) is 0 Å². The van der Waals surface area contributed by atoms with Gasteiger partial charge < -0.3 is 15.1 Å². The average Bonchev–Trinajstić information content (AvgIpc) is 2.98. The number of nitrogen functional groups attached to an aromatic ring is 1. The van der Waals surface area contributed by atoms with Crippen molar-refractivity contribution in [3.63, 3.8) is 0 Å². The number of nitrogens with two attached hydrogens (primary N) is 1. The molecule has 3 N–H and O–H groups in total. The van der Waals surface area contributed by atoms with Crippen LogP contribution in [0.25, 0.3) is 10.9 Å². The van der Waals surface area contributed by atoms with Crippen LogP contribution in [0.1, 0.15) is 5.56 Å². The van der Waals surface area contributed by atoms with Gasteiger partial charge in [-0.05, 0) is 18.2 Å². The molecular weight excluding hydrogens is 228 g/mol. The van der Waals surface area contributed by atoms with Crippen molar-refractivity contribution in [1.82, 2.24) is 10.2 Å². The van der Waals surface area contributed by atoms with Gasteiger partial charge in [0.1, 0.15) is 0 Å². The van der Waals surface area contributed by atoms with Crippen molar-refractivity contribution in [2.45, 2.75) is 6.54 Å².